The topological polar surface area (TPSA) is 89.5 Å². The number of rotatable bonds is 4. The Labute approximate surface area is 131 Å². The van der Waals surface area contributed by atoms with E-state index in [9.17, 15) is 18.9 Å². The van der Waals surface area contributed by atoms with Gasteiger partial charge in [-0.3, -0.25) is 0 Å². The fourth-order valence-electron chi connectivity index (χ4n) is 0.835. The van der Waals surface area contributed by atoms with Crippen molar-refractivity contribution in [2.45, 2.75) is 6.42 Å². The average molecular weight is 300 g/mol. The average Bonchev–Trinajstić information content (AvgIpc) is 2.18. The van der Waals surface area contributed by atoms with Gasteiger partial charge in [-0.1, -0.05) is 36.4 Å². The summed E-state index contributed by atoms with van der Waals surface area (Å²) in [6.45, 7) is 3.66. The largest absolute Gasteiger partial charge is 2.00 e. The van der Waals surface area contributed by atoms with Gasteiger partial charge in [0.1, 0.15) is 4.31 Å². The Kier molecular flexibility index (Phi) is 14.7. The van der Waals surface area contributed by atoms with Crippen molar-refractivity contribution >= 4 is 54.2 Å². The predicted molar refractivity (Wildman–Crippen MR) is 62.4 cm³/mol. The molecular formula is C9H10CaO5P2+2. The summed E-state index contributed by atoms with van der Waals surface area (Å²) in [5.41, 5.74) is 1.33. The summed E-state index contributed by atoms with van der Waals surface area (Å²) in [5.74, 6) is 0. The van der Waals surface area contributed by atoms with Crippen molar-refractivity contribution in [2.75, 3.05) is 0 Å². The van der Waals surface area contributed by atoms with Crippen LogP contribution in [0.3, 0.4) is 0 Å². The molecule has 0 aliphatic rings. The Hall–Kier alpha value is 0.300. The van der Waals surface area contributed by atoms with E-state index in [1.165, 1.54) is 5.56 Å². The van der Waals surface area contributed by atoms with Gasteiger partial charge in [-0.2, -0.15) is 0 Å². The van der Waals surface area contributed by atoms with E-state index >= 15 is 0 Å². The molecular weight excluding hydrogens is 290 g/mol. The Morgan fingerprint density at radius 2 is 1.65 bits per heavy atom. The minimum absolute atomic E-state index is 0. The Morgan fingerprint density at radius 1 is 1.18 bits per heavy atom. The molecule has 0 radical (unpaired) electrons. The van der Waals surface area contributed by atoms with Crippen LogP contribution in [0.15, 0.2) is 43.0 Å². The molecule has 0 aliphatic carbocycles. The van der Waals surface area contributed by atoms with Crippen LogP contribution in [0, 0.1) is 0 Å². The zero-order valence-corrected chi connectivity index (χ0v) is 13.0. The SMILES string of the molecule is C=CCc1ccccc1.O=[P+]([O-])O[P+](=O)[O-].[Ca+2]. The van der Waals surface area contributed by atoms with Gasteiger partial charge in [0.2, 0.25) is 0 Å². The zero-order valence-electron chi connectivity index (χ0n) is 9.02. The summed E-state index contributed by atoms with van der Waals surface area (Å²) in [6.07, 6.45) is 2.89. The molecule has 8 heteroatoms. The van der Waals surface area contributed by atoms with E-state index in [2.05, 4.69) is 23.0 Å². The van der Waals surface area contributed by atoms with Crippen LogP contribution in [0.5, 0.6) is 0 Å². The maximum absolute atomic E-state index is 9.24. The molecule has 2 unspecified atom stereocenters. The molecule has 0 saturated heterocycles. The molecule has 0 bridgehead atoms. The van der Waals surface area contributed by atoms with Crippen LogP contribution in [-0.2, 0) is 19.9 Å². The first kappa shape index (κ1) is 19.6. The number of hydrogen-bond donors (Lipinski definition) is 0. The molecule has 2 atom stereocenters. The number of allylic oxidation sites excluding steroid dienone is 1. The van der Waals surface area contributed by atoms with Crippen molar-refractivity contribution in [1.29, 1.82) is 0 Å². The van der Waals surface area contributed by atoms with Gasteiger partial charge in [0.05, 0.1) is 0 Å². The standard InChI is InChI=1S/C9H10.Ca.O5P2/c1-2-6-9-7-4-3-5-8-9;;1-6(2)5-7(3)4/h2-5,7-8H,1,6H2;;/q;+2;. The van der Waals surface area contributed by atoms with E-state index in [1.807, 2.05) is 24.3 Å². The third kappa shape index (κ3) is 14.2. The van der Waals surface area contributed by atoms with Crippen molar-refractivity contribution < 1.29 is 23.2 Å². The normalized spacial score (nSPS) is 10.2. The van der Waals surface area contributed by atoms with E-state index in [0.29, 0.717) is 0 Å². The minimum Gasteiger partial charge on any atom is -0.563 e. The van der Waals surface area contributed by atoms with E-state index in [1.54, 1.807) is 0 Å². The van der Waals surface area contributed by atoms with Gasteiger partial charge in [-0.15, -0.1) is 6.58 Å². The molecule has 0 aromatic heterocycles. The monoisotopic (exact) mass is 300 g/mol. The van der Waals surface area contributed by atoms with Crippen molar-refractivity contribution in [3.8, 4) is 0 Å². The molecule has 0 N–H and O–H groups in total. The Bertz CT molecular complexity index is 346. The molecule has 1 rings (SSSR count). The van der Waals surface area contributed by atoms with Crippen LogP contribution in [0.1, 0.15) is 5.56 Å². The molecule has 5 nitrogen and oxygen atoms in total. The molecule has 0 heterocycles. The Balaban J connectivity index is 0. The van der Waals surface area contributed by atoms with Crippen molar-refractivity contribution in [3.05, 3.63) is 48.6 Å². The number of hydrogen-bond acceptors (Lipinski definition) is 5. The smallest absolute Gasteiger partial charge is 0.563 e. The van der Waals surface area contributed by atoms with Crippen LogP contribution < -0.4 is 9.79 Å². The molecule has 86 valence electrons. The van der Waals surface area contributed by atoms with E-state index in [-0.39, 0.29) is 37.7 Å². The first-order valence-corrected chi connectivity index (χ1v) is 6.37. The number of benzene rings is 1. The summed E-state index contributed by atoms with van der Waals surface area (Å²) in [5, 5.41) is 0. The van der Waals surface area contributed by atoms with Gasteiger partial charge in [-0.25, -0.2) is 0 Å². The van der Waals surface area contributed by atoms with E-state index in [0.717, 1.165) is 6.42 Å². The third-order valence-corrected chi connectivity index (χ3v) is 2.42. The molecule has 0 amide bonds. The van der Waals surface area contributed by atoms with Crippen molar-refractivity contribution in [2.24, 2.45) is 0 Å². The summed E-state index contributed by atoms with van der Waals surface area (Å²) in [7, 11) is -6.47. The van der Waals surface area contributed by atoms with Gasteiger partial charge in [0.25, 0.3) is 0 Å². The Morgan fingerprint density at radius 3 is 1.94 bits per heavy atom. The molecule has 0 fully saturated rings. The van der Waals surface area contributed by atoms with Crippen LogP contribution in [0.2, 0.25) is 0 Å². The molecule has 1 aromatic carbocycles. The summed E-state index contributed by atoms with van der Waals surface area (Å²) < 4.78 is 21.6. The van der Waals surface area contributed by atoms with Crippen molar-refractivity contribution in [1.82, 2.24) is 0 Å². The summed E-state index contributed by atoms with van der Waals surface area (Å²) in [4.78, 5) is 18.5. The third-order valence-electron chi connectivity index (χ3n) is 1.36. The van der Waals surface area contributed by atoms with Gasteiger partial charge in [0.15, 0.2) is 0 Å². The maximum atomic E-state index is 9.24. The summed E-state index contributed by atoms with van der Waals surface area (Å²) in [6, 6.07) is 10.3. The van der Waals surface area contributed by atoms with Crippen LogP contribution in [0.25, 0.3) is 0 Å². The van der Waals surface area contributed by atoms with Crippen LogP contribution >= 0.6 is 16.5 Å². The first-order chi connectivity index (χ1) is 7.56. The minimum atomic E-state index is -3.24. The quantitative estimate of drug-likeness (QED) is 0.471. The second kappa shape index (κ2) is 12.7. The zero-order chi connectivity index (χ0) is 12.4. The van der Waals surface area contributed by atoms with Crippen LogP contribution in [-0.4, -0.2) is 37.7 Å². The predicted octanol–water partition coefficient (Wildman–Crippen LogP) is 1.07. The molecule has 17 heavy (non-hydrogen) atoms. The van der Waals surface area contributed by atoms with E-state index < -0.39 is 16.5 Å². The van der Waals surface area contributed by atoms with Gasteiger partial charge in [0, 0.05) is 0 Å². The second-order valence-corrected chi connectivity index (χ2v) is 4.05. The van der Waals surface area contributed by atoms with Gasteiger partial charge < -0.3 is 9.79 Å². The summed E-state index contributed by atoms with van der Waals surface area (Å²) >= 11 is 0. The van der Waals surface area contributed by atoms with Gasteiger partial charge in [-0.05, 0) is 21.1 Å². The van der Waals surface area contributed by atoms with Crippen LogP contribution in [0.4, 0.5) is 0 Å². The fourth-order valence-corrected chi connectivity index (χ4v) is 1.27. The molecule has 1 aromatic rings. The fraction of sp³-hybridized carbons (Fsp3) is 0.111. The van der Waals surface area contributed by atoms with E-state index in [4.69, 9.17) is 0 Å². The first-order valence-electron chi connectivity index (χ1n) is 4.18. The second-order valence-electron chi connectivity index (χ2n) is 2.51. The molecule has 0 spiro atoms. The van der Waals surface area contributed by atoms with Gasteiger partial charge >= 0.3 is 54.2 Å². The molecule has 0 saturated carbocycles. The maximum Gasteiger partial charge on any atom is 2.00 e. The van der Waals surface area contributed by atoms with Crippen molar-refractivity contribution in [3.63, 3.8) is 0 Å². The molecule has 0 aliphatic heterocycles.